The molecule has 1 unspecified atom stereocenters. The number of alkyl halides is 2. The Balaban J connectivity index is 1.62. The van der Waals surface area contributed by atoms with E-state index in [9.17, 15) is 4.79 Å². The maximum absolute atomic E-state index is 11.8. The molecule has 7 heteroatoms. The molecule has 2 aromatic rings. The Hall–Kier alpha value is -0.910. The zero-order valence-corrected chi connectivity index (χ0v) is 13.6. The molecule has 0 spiro atoms. The average molecular weight is 344 g/mol. The fourth-order valence-corrected chi connectivity index (χ4v) is 4.02. The first-order chi connectivity index (χ1) is 10.1. The lowest BCUT2D eigenvalue weighted by Crippen LogP contribution is -2.19. The number of aromatic nitrogens is 3. The molecule has 3 rings (SSSR count). The maximum atomic E-state index is 11.8. The third kappa shape index (κ3) is 3.65. The molecule has 1 aliphatic carbocycles. The second-order valence-electron chi connectivity index (χ2n) is 5.17. The van der Waals surface area contributed by atoms with Gasteiger partial charge in [-0.05, 0) is 18.4 Å². The van der Waals surface area contributed by atoms with Crippen LogP contribution in [0.2, 0.25) is 0 Å². The molecule has 21 heavy (non-hydrogen) atoms. The highest BCUT2D eigenvalue weighted by Crippen LogP contribution is 2.54. The van der Waals surface area contributed by atoms with E-state index < -0.39 is 4.33 Å². The molecule has 0 radical (unpaired) electrons. The van der Waals surface area contributed by atoms with Crippen LogP contribution in [0.4, 0.5) is 0 Å². The minimum Gasteiger partial charge on any atom is -0.270 e. The van der Waals surface area contributed by atoms with Crippen LogP contribution in [0.1, 0.15) is 12.0 Å². The van der Waals surface area contributed by atoms with Gasteiger partial charge in [0, 0.05) is 18.2 Å². The summed E-state index contributed by atoms with van der Waals surface area (Å²) < 4.78 is 1.09. The van der Waals surface area contributed by atoms with Crippen LogP contribution in [0.15, 0.2) is 40.3 Å². The Morgan fingerprint density at radius 2 is 2.10 bits per heavy atom. The van der Waals surface area contributed by atoms with Crippen molar-refractivity contribution in [2.45, 2.75) is 28.9 Å². The second kappa shape index (κ2) is 6.07. The predicted molar refractivity (Wildman–Crippen MR) is 86.3 cm³/mol. The number of thioether (sulfide) groups is 1. The maximum Gasteiger partial charge on any atom is 0.343 e. The van der Waals surface area contributed by atoms with E-state index >= 15 is 0 Å². The lowest BCUT2D eigenvalue weighted by atomic mass is 10.1. The number of H-pyrrole nitrogens is 1. The molecule has 1 aromatic heterocycles. The Bertz CT molecular complexity index is 668. The zero-order chi connectivity index (χ0) is 14.9. The normalized spacial score (nSPS) is 19.6. The molecule has 1 fully saturated rings. The van der Waals surface area contributed by atoms with Crippen LogP contribution in [-0.4, -0.2) is 24.9 Å². The van der Waals surface area contributed by atoms with Crippen LogP contribution in [-0.2, 0) is 13.0 Å². The molecule has 1 aromatic carbocycles. The molecule has 1 saturated carbocycles. The number of nitrogens with zero attached hydrogens (tertiary/aromatic N) is 2. The van der Waals surface area contributed by atoms with Crippen molar-refractivity contribution in [3.63, 3.8) is 0 Å². The van der Waals surface area contributed by atoms with E-state index in [0.29, 0.717) is 11.7 Å². The highest BCUT2D eigenvalue weighted by molar-refractivity contribution is 7.99. The van der Waals surface area contributed by atoms with Gasteiger partial charge in [0.1, 0.15) is 4.33 Å². The lowest BCUT2D eigenvalue weighted by Gasteiger charge is -2.05. The van der Waals surface area contributed by atoms with Crippen LogP contribution in [0.25, 0.3) is 0 Å². The van der Waals surface area contributed by atoms with Crippen LogP contribution >= 0.6 is 35.0 Å². The summed E-state index contributed by atoms with van der Waals surface area (Å²) in [5.41, 5.74) is 1.02. The molecule has 112 valence electrons. The van der Waals surface area contributed by atoms with Gasteiger partial charge in [0.25, 0.3) is 0 Å². The van der Waals surface area contributed by atoms with Gasteiger partial charge >= 0.3 is 5.69 Å². The molecule has 1 N–H and O–H groups in total. The van der Waals surface area contributed by atoms with Crippen molar-refractivity contribution in [3.05, 3.63) is 46.4 Å². The summed E-state index contributed by atoms with van der Waals surface area (Å²) in [5, 5.41) is 7.29. The molecule has 0 bridgehead atoms. The smallest absolute Gasteiger partial charge is 0.270 e. The van der Waals surface area contributed by atoms with E-state index in [4.69, 9.17) is 23.2 Å². The molecule has 0 aliphatic heterocycles. The number of benzene rings is 1. The summed E-state index contributed by atoms with van der Waals surface area (Å²) in [6.45, 7) is 0.610. The first-order valence-electron chi connectivity index (χ1n) is 6.76. The Morgan fingerprint density at radius 3 is 2.76 bits per heavy atom. The highest BCUT2D eigenvalue weighted by atomic mass is 35.5. The van der Waals surface area contributed by atoms with Crippen molar-refractivity contribution in [2.75, 3.05) is 5.75 Å². The SMILES string of the molecule is O=c1[nH]nc(SCC2CC2(Cl)Cl)n1CCc1ccccc1. The van der Waals surface area contributed by atoms with E-state index in [1.807, 2.05) is 18.2 Å². The van der Waals surface area contributed by atoms with Gasteiger partial charge in [-0.25, -0.2) is 9.89 Å². The predicted octanol–water partition coefficient (Wildman–Crippen LogP) is 3.10. The number of nitrogens with one attached hydrogen (secondary N) is 1. The largest absolute Gasteiger partial charge is 0.343 e. The minimum atomic E-state index is -0.585. The van der Waals surface area contributed by atoms with E-state index in [1.165, 1.54) is 17.3 Å². The van der Waals surface area contributed by atoms with Crippen molar-refractivity contribution in [1.82, 2.24) is 14.8 Å². The zero-order valence-electron chi connectivity index (χ0n) is 11.3. The number of halogens is 2. The second-order valence-corrected chi connectivity index (χ2v) is 7.70. The highest BCUT2D eigenvalue weighted by Gasteiger charge is 2.51. The fraction of sp³-hybridized carbons (Fsp3) is 0.429. The number of hydrogen-bond acceptors (Lipinski definition) is 3. The Kier molecular flexibility index (Phi) is 4.33. The summed E-state index contributed by atoms with van der Waals surface area (Å²) >= 11 is 13.6. The summed E-state index contributed by atoms with van der Waals surface area (Å²) in [7, 11) is 0. The summed E-state index contributed by atoms with van der Waals surface area (Å²) in [6.07, 6.45) is 1.61. The first kappa shape index (κ1) is 15.0. The number of rotatable bonds is 6. The van der Waals surface area contributed by atoms with Crippen molar-refractivity contribution >= 4 is 35.0 Å². The standard InChI is InChI=1S/C14H15Cl2N3OS/c15-14(16)8-11(14)9-21-13-18-17-12(20)19(13)7-6-10-4-2-1-3-5-10/h1-5,11H,6-9H2,(H,17,20). The monoisotopic (exact) mass is 343 g/mol. The van der Waals surface area contributed by atoms with Crippen LogP contribution in [0.3, 0.4) is 0 Å². The molecular formula is C14H15Cl2N3OS. The number of aromatic amines is 1. The van der Waals surface area contributed by atoms with Gasteiger partial charge in [-0.3, -0.25) is 4.57 Å². The van der Waals surface area contributed by atoms with Crippen LogP contribution in [0.5, 0.6) is 0 Å². The molecule has 0 saturated heterocycles. The van der Waals surface area contributed by atoms with Crippen molar-refractivity contribution in [3.8, 4) is 0 Å². The Labute approximate surface area is 136 Å². The van der Waals surface area contributed by atoms with Gasteiger partial charge in [-0.15, -0.1) is 28.3 Å². The topological polar surface area (TPSA) is 50.7 Å². The lowest BCUT2D eigenvalue weighted by molar-refractivity contribution is 0.615. The van der Waals surface area contributed by atoms with Gasteiger partial charge in [0.05, 0.1) is 0 Å². The van der Waals surface area contributed by atoms with Crippen LogP contribution < -0.4 is 5.69 Å². The van der Waals surface area contributed by atoms with E-state index in [-0.39, 0.29) is 11.6 Å². The van der Waals surface area contributed by atoms with E-state index in [0.717, 1.165) is 18.6 Å². The molecule has 4 nitrogen and oxygen atoms in total. The molecule has 1 atom stereocenters. The third-order valence-corrected chi connectivity index (χ3v) is 5.62. The van der Waals surface area contributed by atoms with Gasteiger partial charge < -0.3 is 0 Å². The molecule has 1 heterocycles. The number of aryl methyl sites for hydroxylation is 1. The van der Waals surface area contributed by atoms with Gasteiger partial charge in [-0.1, -0.05) is 42.1 Å². The first-order valence-corrected chi connectivity index (χ1v) is 8.50. The van der Waals surface area contributed by atoms with Gasteiger partial charge in [-0.2, -0.15) is 0 Å². The van der Waals surface area contributed by atoms with E-state index in [1.54, 1.807) is 4.57 Å². The number of hydrogen-bond donors (Lipinski definition) is 1. The molecule has 0 amide bonds. The molecular weight excluding hydrogens is 329 g/mol. The minimum absolute atomic E-state index is 0.174. The van der Waals surface area contributed by atoms with E-state index in [2.05, 4.69) is 22.3 Å². The summed E-state index contributed by atoms with van der Waals surface area (Å²) in [6, 6.07) is 10.1. The third-order valence-electron chi connectivity index (χ3n) is 3.56. The Morgan fingerprint density at radius 1 is 1.38 bits per heavy atom. The van der Waals surface area contributed by atoms with Gasteiger partial charge in [0.2, 0.25) is 0 Å². The average Bonchev–Trinajstić information content (AvgIpc) is 2.93. The fourth-order valence-electron chi connectivity index (χ4n) is 2.12. The summed E-state index contributed by atoms with van der Waals surface area (Å²) in [4.78, 5) is 11.8. The van der Waals surface area contributed by atoms with Crippen molar-refractivity contribution in [1.29, 1.82) is 0 Å². The van der Waals surface area contributed by atoms with Crippen molar-refractivity contribution in [2.24, 2.45) is 5.92 Å². The quantitative estimate of drug-likeness (QED) is 0.647. The van der Waals surface area contributed by atoms with Crippen molar-refractivity contribution < 1.29 is 0 Å². The summed E-state index contributed by atoms with van der Waals surface area (Å²) in [5.74, 6) is 1.06. The van der Waals surface area contributed by atoms with Crippen LogP contribution in [0, 0.1) is 5.92 Å². The van der Waals surface area contributed by atoms with Gasteiger partial charge in [0.15, 0.2) is 5.16 Å². The molecule has 1 aliphatic rings.